The van der Waals surface area contributed by atoms with Gasteiger partial charge in [-0.2, -0.15) is 0 Å². The van der Waals surface area contributed by atoms with E-state index in [4.69, 9.17) is 4.74 Å². The molecule has 0 radical (unpaired) electrons. The van der Waals surface area contributed by atoms with Crippen LogP contribution >= 0.6 is 0 Å². The van der Waals surface area contributed by atoms with Crippen LogP contribution in [0.1, 0.15) is 10.4 Å². The summed E-state index contributed by atoms with van der Waals surface area (Å²) in [5, 5.41) is 12.0. The van der Waals surface area contributed by atoms with E-state index in [0.717, 1.165) is 12.1 Å². The van der Waals surface area contributed by atoms with Gasteiger partial charge < -0.3 is 24.4 Å². The van der Waals surface area contributed by atoms with Crippen LogP contribution in [-0.4, -0.2) is 64.8 Å². The van der Waals surface area contributed by atoms with Crippen molar-refractivity contribution in [2.24, 2.45) is 4.36 Å². The number of likely N-dealkylation sites (tertiary alicyclic amines) is 1. The Hall–Kier alpha value is -4.59. The van der Waals surface area contributed by atoms with E-state index in [1.165, 1.54) is 19.2 Å². The number of carbonyl (C=O) groups is 1. The van der Waals surface area contributed by atoms with Crippen LogP contribution in [0.4, 0.5) is 24.5 Å². The van der Waals surface area contributed by atoms with Crippen molar-refractivity contribution in [3.05, 3.63) is 109 Å². The molecular weight excluding hydrogens is 609 g/mol. The number of nitrogens with one attached hydrogen (secondary N) is 1. The SMILES string of the molecule is CN=S(=O)(NC1CN(C(=O)c2ccccc2)CC(N2c3ccccc3Oc3ccccc32)C1O)c1ccc(OC(F)(F)F)cc1. The first-order valence-corrected chi connectivity index (χ1v) is 15.5. The van der Waals surface area contributed by atoms with Gasteiger partial charge in [-0.1, -0.05) is 42.5 Å². The Morgan fingerprint density at radius 1 is 0.911 bits per heavy atom. The molecule has 2 aliphatic heterocycles. The van der Waals surface area contributed by atoms with Crippen molar-refractivity contribution in [2.75, 3.05) is 25.0 Å². The van der Waals surface area contributed by atoms with Crippen molar-refractivity contribution in [2.45, 2.75) is 29.4 Å². The first-order chi connectivity index (χ1) is 21.6. The van der Waals surface area contributed by atoms with Crippen LogP contribution in [0.2, 0.25) is 0 Å². The van der Waals surface area contributed by atoms with Crippen LogP contribution in [0.3, 0.4) is 0 Å². The fourth-order valence-corrected chi connectivity index (χ4v) is 7.22. The summed E-state index contributed by atoms with van der Waals surface area (Å²) in [6, 6.07) is 26.2. The van der Waals surface area contributed by atoms with Crippen LogP contribution in [0.15, 0.2) is 112 Å². The van der Waals surface area contributed by atoms with E-state index in [-0.39, 0.29) is 23.9 Å². The number of fused-ring (bicyclic) bond motifs is 2. The monoisotopic (exact) mass is 638 g/mol. The van der Waals surface area contributed by atoms with Gasteiger partial charge in [0, 0.05) is 25.7 Å². The number of hydrogen-bond acceptors (Lipinski definition) is 7. The average Bonchev–Trinajstić information content (AvgIpc) is 3.04. The quantitative estimate of drug-likeness (QED) is 0.279. The summed E-state index contributed by atoms with van der Waals surface area (Å²) in [5.41, 5.74) is 1.79. The molecule has 1 fully saturated rings. The third-order valence-corrected chi connectivity index (χ3v) is 9.73. The summed E-state index contributed by atoms with van der Waals surface area (Å²) in [6.45, 7) is 0.0878. The second-order valence-electron chi connectivity index (χ2n) is 10.5. The topological polar surface area (TPSA) is 104 Å². The van der Waals surface area contributed by atoms with E-state index < -0.39 is 40.2 Å². The number of rotatable bonds is 6. The molecule has 1 saturated heterocycles. The number of hydrogen-bond donors (Lipinski definition) is 2. The Morgan fingerprint density at radius 2 is 1.49 bits per heavy atom. The fraction of sp³-hybridized carbons (Fsp3) is 0.219. The summed E-state index contributed by atoms with van der Waals surface area (Å²) < 4.78 is 69.5. The molecule has 4 aromatic carbocycles. The highest BCUT2D eigenvalue weighted by Gasteiger charge is 2.44. The smallest absolute Gasteiger partial charge is 0.453 e. The van der Waals surface area contributed by atoms with Gasteiger partial charge in [-0.3, -0.25) is 4.79 Å². The molecule has 4 unspecified atom stereocenters. The van der Waals surface area contributed by atoms with Gasteiger partial charge in [0.15, 0.2) is 11.5 Å². The number of nitrogens with zero attached hydrogens (tertiary/aromatic N) is 3. The zero-order chi connectivity index (χ0) is 31.8. The van der Waals surface area contributed by atoms with E-state index in [2.05, 4.69) is 13.8 Å². The van der Waals surface area contributed by atoms with E-state index in [9.17, 15) is 27.3 Å². The Labute approximate surface area is 258 Å². The third-order valence-electron chi connectivity index (χ3n) is 7.69. The molecular formula is C32H29F3N4O5S. The molecule has 4 aromatic rings. The molecule has 0 spiro atoms. The van der Waals surface area contributed by atoms with Crippen molar-refractivity contribution in [3.63, 3.8) is 0 Å². The number of alkyl halides is 3. The first-order valence-electron chi connectivity index (χ1n) is 14.0. The number of anilines is 2. The van der Waals surface area contributed by atoms with Crippen molar-refractivity contribution in [3.8, 4) is 17.2 Å². The summed E-state index contributed by atoms with van der Waals surface area (Å²) in [4.78, 5) is 17.4. The molecule has 234 valence electrons. The van der Waals surface area contributed by atoms with Crippen LogP contribution in [0, 0.1) is 0 Å². The molecule has 45 heavy (non-hydrogen) atoms. The standard InChI is InChI=1S/C32H29F3N4O5S/c1-36-45(42,23-17-15-22(16-18-23)44-32(33,34)35)37-24-19-38(31(41)21-9-3-2-4-10-21)20-27(30(24)40)39-25-11-5-7-13-28(25)43-29-14-8-6-12-26(29)39/h2-18,24,27,30,40H,19-20H2,1H3,(H,36,37,42). The molecule has 1 amide bonds. The van der Waals surface area contributed by atoms with E-state index >= 15 is 0 Å². The van der Waals surface area contributed by atoms with Gasteiger partial charge >= 0.3 is 6.36 Å². The molecule has 9 nitrogen and oxygen atoms in total. The summed E-state index contributed by atoms with van der Waals surface area (Å²) in [5.74, 6) is 0.356. The Bertz CT molecular complexity index is 1770. The number of aliphatic hydroxyl groups is 1. The van der Waals surface area contributed by atoms with Gasteiger partial charge in [0.1, 0.15) is 15.7 Å². The second kappa shape index (κ2) is 12.1. The number of ether oxygens (including phenoxy) is 2. The lowest BCUT2D eigenvalue weighted by Crippen LogP contribution is -2.66. The third kappa shape index (κ3) is 6.19. The maximum atomic E-state index is 14.2. The molecule has 0 aliphatic carbocycles. The number of halogens is 3. The molecule has 0 saturated carbocycles. The van der Waals surface area contributed by atoms with Gasteiger partial charge in [-0.25, -0.2) is 13.3 Å². The molecule has 2 aliphatic rings. The highest BCUT2D eigenvalue weighted by molar-refractivity contribution is 7.91. The number of benzene rings is 4. The highest BCUT2D eigenvalue weighted by atomic mass is 32.2. The average molecular weight is 639 g/mol. The molecule has 0 bridgehead atoms. The Morgan fingerprint density at radius 3 is 2.07 bits per heavy atom. The number of carbonyl (C=O) groups excluding carboxylic acids is 1. The lowest BCUT2D eigenvalue weighted by molar-refractivity contribution is -0.274. The van der Waals surface area contributed by atoms with Crippen molar-refractivity contribution in [1.29, 1.82) is 0 Å². The van der Waals surface area contributed by atoms with Crippen LogP contribution in [0.25, 0.3) is 0 Å². The largest absolute Gasteiger partial charge is 0.573 e. The highest BCUT2D eigenvalue weighted by Crippen LogP contribution is 2.48. The van der Waals surface area contributed by atoms with E-state index in [1.54, 1.807) is 35.2 Å². The zero-order valence-electron chi connectivity index (χ0n) is 23.9. The van der Waals surface area contributed by atoms with E-state index in [0.29, 0.717) is 28.4 Å². The maximum Gasteiger partial charge on any atom is 0.573 e. The van der Waals surface area contributed by atoms with Gasteiger partial charge in [-0.05, 0) is 60.7 Å². The number of amides is 1. The van der Waals surface area contributed by atoms with Gasteiger partial charge in [-0.15, -0.1) is 13.2 Å². The second-order valence-corrected chi connectivity index (χ2v) is 12.6. The minimum absolute atomic E-state index is 0.0270. The molecule has 6 rings (SSSR count). The van der Waals surface area contributed by atoms with Crippen molar-refractivity contribution >= 4 is 27.2 Å². The lowest BCUT2D eigenvalue weighted by atomic mass is 9.94. The van der Waals surface area contributed by atoms with Crippen LogP contribution < -0.4 is 19.1 Å². The van der Waals surface area contributed by atoms with Crippen LogP contribution in [0.5, 0.6) is 17.2 Å². The summed E-state index contributed by atoms with van der Waals surface area (Å²) >= 11 is 0. The van der Waals surface area contributed by atoms with Gasteiger partial charge in [0.05, 0.1) is 34.5 Å². The van der Waals surface area contributed by atoms with Crippen LogP contribution in [-0.2, 0) is 9.92 Å². The minimum Gasteiger partial charge on any atom is -0.453 e. The Kier molecular flexibility index (Phi) is 8.16. The maximum absolute atomic E-state index is 14.2. The first kappa shape index (κ1) is 30.4. The predicted molar refractivity (Wildman–Crippen MR) is 162 cm³/mol. The number of piperidine rings is 1. The number of aliphatic hydroxyl groups excluding tert-OH is 1. The van der Waals surface area contributed by atoms with Gasteiger partial charge in [0.2, 0.25) is 0 Å². The van der Waals surface area contributed by atoms with Crippen molar-refractivity contribution < 1.29 is 36.8 Å². The summed E-state index contributed by atoms with van der Waals surface area (Å²) in [6.07, 6.45) is -6.08. The lowest BCUT2D eigenvalue weighted by Gasteiger charge is -2.48. The molecule has 2 heterocycles. The van der Waals surface area contributed by atoms with Gasteiger partial charge in [0.25, 0.3) is 5.91 Å². The van der Waals surface area contributed by atoms with Crippen molar-refractivity contribution in [1.82, 2.24) is 9.62 Å². The molecule has 4 atom stereocenters. The summed E-state index contributed by atoms with van der Waals surface area (Å²) in [7, 11) is -2.18. The Balaban J connectivity index is 1.39. The molecule has 0 aromatic heterocycles. The fourth-order valence-electron chi connectivity index (χ4n) is 5.64. The number of para-hydroxylation sites is 4. The molecule has 2 N–H and O–H groups in total. The minimum atomic E-state index is -4.89. The zero-order valence-corrected chi connectivity index (χ0v) is 24.7. The normalized spacial score (nSPS) is 20.7. The molecule has 13 heteroatoms. The predicted octanol–water partition coefficient (Wildman–Crippen LogP) is 5.74. The van der Waals surface area contributed by atoms with E-state index in [1.807, 2.05) is 53.4 Å².